The summed E-state index contributed by atoms with van der Waals surface area (Å²) < 4.78 is 28.1. The zero-order chi connectivity index (χ0) is 22.8. The number of amides is 1. The lowest BCUT2D eigenvalue weighted by atomic mass is 10.1. The Morgan fingerprint density at radius 2 is 1.77 bits per heavy atom. The topological polar surface area (TPSA) is 104 Å². The molecule has 31 heavy (non-hydrogen) atoms. The predicted molar refractivity (Wildman–Crippen MR) is 122 cm³/mol. The van der Waals surface area contributed by atoms with Crippen LogP contribution in [0.3, 0.4) is 0 Å². The average molecular weight is 461 g/mol. The number of nitrogens with one attached hydrogen (secondary N) is 2. The van der Waals surface area contributed by atoms with E-state index < -0.39 is 10.0 Å². The molecule has 0 aliphatic rings. The van der Waals surface area contributed by atoms with E-state index in [1.165, 1.54) is 8.87 Å². The molecule has 0 aliphatic carbocycles. The lowest BCUT2D eigenvalue weighted by Crippen LogP contribution is -2.30. The molecule has 0 bridgehead atoms. The molecule has 164 valence electrons. The van der Waals surface area contributed by atoms with Crippen LogP contribution in [0.15, 0.2) is 52.2 Å². The number of carbonyl (C=O) groups is 1. The second-order valence-electron chi connectivity index (χ2n) is 6.97. The van der Waals surface area contributed by atoms with E-state index in [0.29, 0.717) is 29.6 Å². The van der Waals surface area contributed by atoms with Crippen LogP contribution < -0.4 is 10.9 Å². The Bertz CT molecular complexity index is 1340. The molecule has 8 nitrogen and oxygen atoms in total. The van der Waals surface area contributed by atoms with Crippen molar-refractivity contribution in [1.82, 2.24) is 19.2 Å². The molecule has 2 N–H and O–H groups in total. The molecule has 0 fully saturated rings. The van der Waals surface area contributed by atoms with Gasteiger partial charge in [-0.15, -0.1) is 0 Å². The van der Waals surface area contributed by atoms with Crippen molar-refractivity contribution in [2.45, 2.75) is 25.3 Å². The van der Waals surface area contributed by atoms with Gasteiger partial charge in [0.15, 0.2) is 4.77 Å². The molecule has 0 atom stereocenters. The highest BCUT2D eigenvalue weighted by atomic mass is 32.2. The van der Waals surface area contributed by atoms with Gasteiger partial charge in [0.05, 0.1) is 15.8 Å². The maximum Gasteiger partial charge on any atom is 0.261 e. The van der Waals surface area contributed by atoms with Gasteiger partial charge in [-0.25, -0.2) is 8.42 Å². The molecule has 0 saturated carbocycles. The molecule has 0 spiro atoms. The van der Waals surface area contributed by atoms with E-state index in [9.17, 15) is 18.0 Å². The first-order chi connectivity index (χ1) is 14.7. The minimum Gasteiger partial charge on any atom is -0.348 e. The second kappa shape index (κ2) is 9.13. The van der Waals surface area contributed by atoms with Gasteiger partial charge in [0.2, 0.25) is 10.0 Å². The smallest absolute Gasteiger partial charge is 0.261 e. The van der Waals surface area contributed by atoms with Gasteiger partial charge in [-0.05, 0) is 48.1 Å². The van der Waals surface area contributed by atoms with Crippen LogP contribution in [0.25, 0.3) is 10.9 Å². The number of aromatic amines is 1. The Balaban J connectivity index is 1.74. The van der Waals surface area contributed by atoms with E-state index in [1.54, 1.807) is 63.4 Å². The molecule has 1 heterocycles. The Hall–Kier alpha value is -2.82. The van der Waals surface area contributed by atoms with Gasteiger partial charge < -0.3 is 10.3 Å². The predicted octanol–water partition coefficient (Wildman–Crippen LogP) is 2.56. The van der Waals surface area contributed by atoms with Crippen LogP contribution in [0.5, 0.6) is 0 Å². The van der Waals surface area contributed by atoms with E-state index in [2.05, 4.69) is 10.3 Å². The molecule has 0 radical (unpaired) electrons. The Kier molecular flexibility index (Phi) is 6.73. The minimum absolute atomic E-state index is 0.220. The largest absolute Gasteiger partial charge is 0.348 e. The third kappa shape index (κ3) is 4.60. The van der Waals surface area contributed by atoms with E-state index in [-0.39, 0.29) is 27.7 Å². The number of H-pyrrole nitrogens is 1. The monoisotopic (exact) mass is 460 g/mol. The van der Waals surface area contributed by atoms with Crippen LogP contribution in [-0.4, -0.2) is 41.3 Å². The zero-order valence-corrected chi connectivity index (χ0v) is 19.1. The van der Waals surface area contributed by atoms with Gasteiger partial charge >= 0.3 is 0 Å². The molecule has 10 heteroatoms. The van der Waals surface area contributed by atoms with E-state index in [1.807, 2.05) is 0 Å². The summed E-state index contributed by atoms with van der Waals surface area (Å²) in [5.41, 5.74) is 1.41. The van der Waals surface area contributed by atoms with Gasteiger partial charge in [0, 0.05) is 32.2 Å². The van der Waals surface area contributed by atoms with Gasteiger partial charge in [-0.1, -0.05) is 26.0 Å². The van der Waals surface area contributed by atoms with Crippen LogP contribution >= 0.6 is 12.2 Å². The van der Waals surface area contributed by atoms with Crippen molar-refractivity contribution in [3.63, 3.8) is 0 Å². The summed E-state index contributed by atoms with van der Waals surface area (Å²) >= 11 is 5.12. The van der Waals surface area contributed by atoms with Crippen molar-refractivity contribution in [3.8, 4) is 0 Å². The number of aromatic nitrogens is 2. The van der Waals surface area contributed by atoms with Gasteiger partial charge in [0.1, 0.15) is 0 Å². The lowest BCUT2D eigenvalue weighted by Gasteiger charge is -2.18. The van der Waals surface area contributed by atoms with Crippen LogP contribution in [0.1, 0.15) is 29.8 Å². The molecular formula is C21H24N4O4S2. The maximum atomic E-state index is 12.6. The van der Waals surface area contributed by atoms with Gasteiger partial charge in [-0.3, -0.25) is 14.2 Å². The zero-order valence-electron chi connectivity index (χ0n) is 17.5. The highest BCUT2D eigenvalue weighted by molar-refractivity contribution is 7.89. The second-order valence-corrected chi connectivity index (χ2v) is 9.30. The molecule has 0 aliphatic heterocycles. The number of sulfonamides is 1. The number of hydrogen-bond donors (Lipinski definition) is 2. The number of carbonyl (C=O) groups excluding carboxylic acids is 1. The van der Waals surface area contributed by atoms with Crippen molar-refractivity contribution in [2.24, 2.45) is 7.05 Å². The maximum absolute atomic E-state index is 12.6. The number of nitrogens with zero attached hydrogens (tertiary/aromatic N) is 2. The number of benzene rings is 2. The van der Waals surface area contributed by atoms with Gasteiger partial charge in [-0.2, -0.15) is 4.31 Å². The molecule has 0 unspecified atom stereocenters. The number of hydrogen-bond acceptors (Lipinski definition) is 5. The first-order valence-electron chi connectivity index (χ1n) is 9.79. The van der Waals surface area contributed by atoms with E-state index in [0.717, 1.165) is 5.56 Å². The van der Waals surface area contributed by atoms with Gasteiger partial charge in [0.25, 0.3) is 11.5 Å². The van der Waals surface area contributed by atoms with Crippen LogP contribution in [0.2, 0.25) is 0 Å². The molecule has 3 rings (SSSR count). The minimum atomic E-state index is -3.52. The summed E-state index contributed by atoms with van der Waals surface area (Å²) in [5, 5.41) is 3.24. The fourth-order valence-corrected chi connectivity index (χ4v) is 4.87. The van der Waals surface area contributed by atoms with Crippen LogP contribution in [0, 0.1) is 4.77 Å². The van der Waals surface area contributed by atoms with Crippen molar-refractivity contribution in [2.75, 3.05) is 13.1 Å². The molecule has 1 amide bonds. The van der Waals surface area contributed by atoms with Crippen molar-refractivity contribution in [3.05, 3.63) is 68.7 Å². The Morgan fingerprint density at radius 1 is 1.13 bits per heavy atom. The molecule has 1 aromatic heterocycles. The normalized spacial score (nSPS) is 11.7. The highest BCUT2D eigenvalue weighted by Crippen LogP contribution is 2.16. The van der Waals surface area contributed by atoms with Crippen molar-refractivity contribution < 1.29 is 13.2 Å². The number of rotatable bonds is 7. The summed E-state index contributed by atoms with van der Waals surface area (Å²) in [4.78, 5) is 28.0. The highest BCUT2D eigenvalue weighted by Gasteiger charge is 2.21. The molecule has 0 saturated heterocycles. The van der Waals surface area contributed by atoms with Crippen LogP contribution in [0.4, 0.5) is 0 Å². The summed E-state index contributed by atoms with van der Waals surface area (Å²) in [6.07, 6.45) is 0. The first kappa shape index (κ1) is 22.9. The molecule has 3 aromatic rings. The van der Waals surface area contributed by atoms with E-state index >= 15 is 0 Å². The van der Waals surface area contributed by atoms with Crippen LogP contribution in [-0.2, 0) is 23.6 Å². The fraction of sp³-hybridized carbons (Fsp3) is 0.286. The SMILES string of the molecule is CCN(CC)S(=O)(=O)c1ccc(CNC(=O)c2ccc3c(=O)n(C)c(=S)[nH]c3c2)cc1. The summed E-state index contributed by atoms with van der Waals surface area (Å²) in [7, 11) is -1.93. The average Bonchev–Trinajstić information content (AvgIpc) is 2.76. The third-order valence-electron chi connectivity index (χ3n) is 5.08. The third-order valence-corrected chi connectivity index (χ3v) is 7.52. The summed E-state index contributed by atoms with van der Waals surface area (Å²) in [5.74, 6) is -0.318. The summed E-state index contributed by atoms with van der Waals surface area (Å²) in [6, 6.07) is 11.2. The van der Waals surface area contributed by atoms with Crippen molar-refractivity contribution in [1.29, 1.82) is 0 Å². The first-order valence-corrected chi connectivity index (χ1v) is 11.6. The number of fused-ring (bicyclic) bond motifs is 1. The molecular weight excluding hydrogens is 436 g/mol. The lowest BCUT2D eigenvalue weighted by molar-refractivity contribution is 0.0951. The van der Waals surface area contributed by atoms with E-state index in [4.69, 9.17) is 12.2 Å². The van der Waals surface area contributed by atoms with Crippen molar-refractivity contribution >= 4 is 39.1 Å². The quantitative estimate of drug-likeness (QED) is 0.528. The molecule has 2 aromatic carbocycles. The standard InChI is InChI=1S/C21H24N4O4S2/c1-4-25(5-2)31(28,29)16-9-6-14(7-10-16)13-22-19(26)15-8-11-17-18(12-15)23-21(30)24(3)20(17)27/h6-12H,4-5,13H2,1-3H3,(H,22,26)(H,23,30). The Labute approximate surface area is 185 Å². The summed E-state index contributed by atoms with van der Waals surface area (Å²) in [6.45, 7) is 4.62. The fourth-order valence-electron chi connectivity index (χ4n) is 3.22. The Morgan fingerprint density at radius 3 is 2.39 bits per heavy atom.